The molecule has 1 atom stereocenters. The summed E-state index contributed by atoms with van der Waals surface area (Å²) >= 11 is 6.31. The van der Waals surface area contributed by atoms with Gasteiger partial charge in [0.25, 0.3) is 5.91 Å². The third-order valence-electron chi connectivity index (χ3n) is 3.93. The molecule has 0 spiro atoms. The van der Waals surface area contributed by atoms with Crippen molar-refractivity contribution in [2.75, 3.05) is 7.11 Å². The molecule has 2 aromatic rings. The molecule has 0 aliphatic carbocycles. The average molecular weight is 334 g/mol. The van der Waals surface area contributed by atoms with Crippen molar-refractivity contribution < 1.29 is 14.3 Å². The fourth-order valence-corrected chi connectivity index (χ4v) is 2.80. The molecule has 2 rings (SSSR count). The highest BCUT2D eigenvalue weighted by Crippen LogP contribution is 2.34. The van der Waals surface area contributed by atoms with Crippen LogP contribution in [-0.4, -0.2) is 13.0 Å². The maximum absolute atomic E-state index is 11.9. The number of nitrogens with two attached hydrogens (primary N) is 1. The zero-order valence-corrected chi connectivity index (χ0v) is 14.2. The molecule has 23 heavy (non-hydrogen) atoms. The molecule has 5 heteroatoms. The van der Waals surface area contributed by atoms with Gasteiger partial charge in [-0.1, -0.05) is 41.9 Å². The lowest BCUT2D eigenvalue weighted by atomic mass is 9.90. The monoisotopic (exact) mass is 333 g/mol. The van der Waals surface area contributed by atoms with Crippen molar-refractivity contribution in [3.63, 3.8) is 0 Å². The minimum atomic E-state index is -1.32. The van der Waals surface area contributed by atoms with E-state index in [1.165, 1.54) is 7.11 Å². The van der Waals surface area contributed by atoms with Crippen LogP contribution < -0.4 is 10.5 Å². The van der Waals surface area contributed by atoms with Gasteiger partial charge in [0, 0.05) is 17.7 Å². The van der Waals surface area contributed by atoms with Crippen molar-refractivity contribution in [1.82, 2.24) is 0 Å². The Morgan fingerprint density at radius 2 is 1.91 bits per heavy atom. The Labute approximate surface area is 141 Å². The van der Waals surface area contributed by atoms with Crippen LogP contribution in [0.25, 0.3) is 0 Å². The fourth-order valence-electron chi connectivity index (χ4n) is 2.42. The Morgan fingerprint density at radius 3 is 2.52 bits per heavy atom. The molecule has 0 saturated heterocycles. The van der Waals surface area contributed by atoms with Crippen LogP contribution in [0, 0.1) is 6.92 Å². The Kier molecular flexibility index (Phi) is 5.29. The molecule has 1 unspecified atom stereocenters. The van der Waals surface area contributed by atoms with E-state index in [1.54, 1.807) is 19.1 Å². The van der Waals surface area contributed by atoms with Gasteiger partial charge in [-0.25, -0.2) is 0 Å². The molecule has 2 aromatic carbocycles. The Bertz CT molecular complexity index is 717. The summed E-state index contributed by atoms with van der Waals surface area (Å²) < 4.78 is 11.2. The third kappa shape index (κ3) is 3.49. The lowest BCUT2D eigenvalue weighted by Gasteiger charge is -2.28. The minimum absolute atomic E-state index is 0.257. The Hall–Kier alpha value is -2.04. The SMILES string of the molecule is COC(C)(C(N)=O)c1c(Cl)cccc1COc1ccccc1C. The summed E-state index contributed by atoms with van der Waals surface area (Å²) in [5.41, 5.74) is 6.52. The van der Waals surface area contributed by atoms with E-state index in [1.807, 2.05) is 37.3 Å². The van der Waals surface area contributed by atoms with Gasteiger partial charge in [-0.2, -0.15) is 0 Å². The van der Waals surface area contributed by atoms with E-state index >= 15 is 0 Å². The van der Waals surface area contributed by atoms with E-state index in [0.717, 1.165) is 16.9 Å². The molecule has 2 N–H and O–H groups in total. The van der Waals surface area contributed by atoms with Crippen LogP contribution in [0.2, 0.25) is 5.02 Å². The van der Waals surface area contributed by atoms with Gasteiger partial charge in [0.2, 0.25) is 0 Å². The molecule has 0 radical (unpaired) electrons. The smallest absolute Gasteiger partial charge is 0.254 e. The fraction of sp³-hybridized carbons (Fsp3) is 0.278. The first-order valence-electron chi connectivity index (χ1n) is 7.21. The molecule has 0 bridgehead atoms. The highest BCUT2D eigenvalue weighted by molar-refractivity contribution is 6.31. The number of rotatable bonds is 6. The van der Waals surface area contributed by atoms with E-state index < -0.39 is 11.5 Å². The van der Waals surface area contributed by atoms with E-state index in [-0.39, 0.29) is 6.61 Å². The predicted octanol–water partition coefficient (Wildman–Crippen LogP) is 3.57. The van der Waals surface area contributed by atoms with Gasteiger partial charge in [-0.05, 0) is 37.1 Å². The van der Waals surface area contributed by atoms with Gasteiger partial charge in [0.1, 0.15) is 12.4 Å². The third-order valence-corrected chi connectivity index (χ3v) is 4.25. The van der Waals surface area contributed by atoms with Crippen molar-refractivity contribution in [3.8, 4) is 5.75 Å². The molecular formula is C18H20ClNO3. The number of benzene rings is 2. The van der Waals surface area contributed by atoms with Gasteiger partial charge in [-0.15, -0.1) is 0 Å². The van der Waals surface area contributed by atoms with Crippen molar-refractivity contribution in [2.24, 2.45) is 5.73 Å². The van der Waals surface area contributed by atoms with Crippen LogP contribution in [0.5, 0.6) is 5.75 Å². The molecule has 0 saturated carbocycles. The van der Waals surface area contributed by atoms with E-state index in [0.29, 0.717) is 10.6 Å². The van der Waals surface area contributed by atoms with Crippen molar-refractivity contribution >= 4 is 17.5 Å². The lowest BCUT2D eigenvalue weighted by molar-refractivity contribution is -0.139. The predicted molar refractivity (Wildman–Crippen MR) is 90.5 cm³/mol. The van der Waals surface area contributed by atoms with Gasteiger partial charge in [0.15, 0.2) is 5.60 Å². The Balaban J connectivity index is 2.39. The molecule has 0 fully saturated rings. The Morgan fingerprint density at radius 1 is 1.22 bits per heavy atom. The number of methoxy groups -OCH3 is 1. The average Bonchev–Trinajstić information content (AvgIpc) is 2.53. The number of amides is 1. The second-order valence-electron chi connectivity index (χ2n) is 5.43. The van der Waals surface area contributed by atoms with Crippen LogP contribution >= 0.6 is 11.6 Å². The maximum Gasteiger partial charge on any atom is 0.254 e. The summed E-state index contributed by atoms with van der Waals surface area (Å²) in [6.07, 6.45) is 0. The number of carbonyl (C=O) groups is 1. The topological polar surface area (TPSA) is 61.5 Å². The molecule has 0 aliphatic rings. The highest BCUT2D eigenvalue weighted by Gasteiger charge is 2.37. The minimum Gasteiger partial charge on any atom is -0.489 e. The number of aryl methyl sites for hydroxylation is 1. The quantitative estimate of drug-likeness (QED) is 0.879. The largest absolute Gasteiger partial charge is 0.489 e. The number of hydrogen-bond donors (Lipinski definition) is 1. The number of ether oxygens (including phenoxy) is 2. The molecular weight excluding hydrogens is 314 g/mol. The van der Waals surface area contributed by atoms with Crippen molar-refractivity contribution in [2.45, 2.75) is 26.1 Å². The van der Waals surface area contributed by atoms with Crippen LogP contribution in [-0.2, 0) is 21.7 Å². The number of carbonyl (C=O) groups excluding carboxylic acids is 1. The van der Waals surface area contributed by atoms with Crippen molar-refractivity contribution in [3.05, 3.63) is 64.2 Å². The molecule has 0 aromatic heterocycles. The first-order valence-corrected chi connectivity index (χ1v) is 7.59. The number of hydrogen-bond acceptors (Lipinski definition) is 3. The van der Waals surface area contributed by atoms with Crippen LogP contribution in [0.3, 0.4) is 0 Å². The molecule has 0 aliphatic heterocycles. The number of primary amides is 1. The summed E-state index contributed by atoms with van der Waals surface area (Å²) in [5.74, 6) is 0.168. The second-order valence-corrected chi connectivity index (χ2v) is 5.84. The van der Waals surface area contributed by atoms with Crippen LogP contribution in [0.1, 0.15) is 23.6 Å². The first kappa shape index (κ1) is 17.3. The van der Waals surface area contributed by atoms with Crippen molar-refractivity contribution in [1.29, 1.82) is 0 Å². The molecule has 4 nitrogen and oxygen atoms in total. The second kappa shape index (κ2) is 7.02. The van der Waals surface area contributed by atoms with Gasteiger partial charge < -0.3 is 15.2 Å². The van der Waals surface area contributed by atoms with Gasteiger partial charge in [-0.3, -0.25) is 4.79 Å². The maximum atomic E-state index is 11.9. The number of para-hydroxylation sites is 1. The highest BCUT2D eigenvalue weighted by atomic mass is 35.5. The summed E-state index contributed by atoms with van der Waals surface area (Å²) in [4.78, 5) is 11.9. The van der Waals surface area contributed by atoms with E-state index in [9.17, 15) is 4.79 Å². The van der Waals surface area contributed by atoms with Gasteiger partial charge in [0.05, 0.1) is 0 Å². The summed E-state index contributed by atoms with van der Waals surface area (Å²) in [6.45, 7) is 3.83. The standard InChI is InChI=1S/C18H20ClNO3/c1-12-7-4-5-10-15(12)23-11-13-8-6-9-14(19)16(13)18(2,22-3)17(20)21/h4-10H,11H2,1-3H3,(H2,20,21). The number of halogens is 1. The normalized spacial score (nSPS) is 13.4. The first-order chi connectivity index (χ1) is 10.9. The van der Waals surface area contributed by atoms with E-state index in [2.05, 4.69) is 0 Å². The van der Waals surface area contributed by atoms with Crippen LogP contribution in [0.15, 0.2) is 42.5 Å². The van der Waals surface area contributed by atoms with E-state index in [4.69, 9.17) is 26.8 Å². The molecule has 122 valence electrons. The zero-order chi connectivity index (χ0) is 17.0. The zero-order valence-electron chi connectivity index (χ0n) is 13.4. The molecule has 1 amide bonds. The summed E-state index contributed by atoms with van der Waals surface area (Å²) in [5, 5.41) is 0.416. The van der Waals surface area contributed by atoms with Crippen LogP contribution in [0.4, 0.5) is 0 Å². The summed E-state index contributed by atoms with van der Waals surface area (Å²) in [7, 11) is 1.43. The summed E-state index contributed by atoms with van der Waals surface area (Å²) in [6, 6.07) is 13.1. The van der Waals surface area contributed by atoms with Gasteiger partial charge >= 0.3 is 0 Å². The molecule has 0 heterocycles. The lowest BCUT2D eigenvalue weighted by Crippen LogP contribution is -2.41.